The lowest BCUT2D eigenvalue weighted by atomic mass is 9.96. The lowest BCUT2D eigenvalue weighted by Gasteiger charge is -2.21. The summed E-state index contributed by atoms with van der Waals surface area (Å²) in [6, 6.07) is 8.24. The van der Waals surface area contributed by atoms with Gasteiger partial charge in [-0.2, -0.15) is 0 Å². The van der Waals surface area contributed by atoms with E-state index in [1.54, 1.807) is 0 Å². The molecular weight excluding hydrogens is 274 g/mol. The van der Waals surface area contributed by atoms with Gasteiger partial charge in [0.2, 0.25) is 5.91 Å². The average Bonchev–Trinajstić information content (AvgIpc) is 3.19. The molecule has 3 nitrogen and oxygen atoms in total. The molecule has 1 aliphatic heterocycles. The lowest BCUT2D eigenvalue weighted by molar-refractivity contribution is -0.122. The Morgan fingerprint density at radius 3 is 2.65 bits per heavy atom. The third kappa shape index (κ3) is 3.53. The summed E-state index contributed by atoms with van der Waals surface area (Å²) in [7, 11) is 0. The van der Waals surface area contributed by atoms with Crippen molar-refractivity contribution in [2.75, 3.05) is 13.2 Å². The Labute approximate surface area is 124 Å². The molecule has 0 bridgehead atoms. The van der Waals surface area contributed by atoms with Crippen molar-refractivity contribution in [1.29, 1.82) is 0 Å². The molecule has 2 aliphatic rings. The van der Waals surface area contributed by atoms with Crippen LogP contribution in [0.3, 0.4) is 0 Å². The highest BCUT2D eigenvalue weighted by molar-refractivity contribution is 6.30. The summed E-state index contributed by atoms with van der Waals surface area (Å²) < 4.78 is 5.32. The van der Waals surface area contributed by atoms with Crippen molar-refractivity contribution in [3.8, 4) is 0 Å². The number of benzene rings is 1. The fraction of sp³-hybridized carbons (Fsp3) is 0.562. The predicted molar refractivity (Wildman–Crippen MR) is 78.9 cm³/mol. The Kier molecular flexibility index (Phi) is 4.27. The molecule has 1 aliphatic carbocycles. The van der Waals surface area contributed by atoms with Crippen LogP contribution >= 0.6 is 11.6 Å². The maximum absolute atomic E-state index is 12.0. The van der Waals surface area contributed by atoms with Gasteiger partial charge < -0.3 is 10.1 Å². The van der Waals surface area contributed by atoms with E-state index in [0.717, 1.165) is 37.5 Å². The molecule has 4 heteroatoms. The number of hydrogen-bond acceptors (Lipinski definition) is 2. The molecule has 1 heterocycles. The van der Waals surface area contributed by atoms with Crippen LogP contribution < -0.4 is 5.32 Å². The number of amides is 1. The highest BCUT2D eigenvalue weighted by Gasteiger charge is 2.39. The van der Waals surface area contributed by atoms with E-state index in [4.69, 9.17) is 16.3 Å². The van der Waals surface area contributed by atoms with Gasteiger partial charge in [0.25, 0.3) is 0 Å². The zero-order chi connectivity index (χ0) is 13.9. The molecule has 1 amide bonds. The summed E-state index contributed by atoms with van der Waals surface area (Å²) in [5.74, 6) is 1.15. The predicted octanol–water partition coefficient (Wildman–Crippen LogP) is 3.13. The minimum absolute atomic E-state index is 0.193. The van der Waals surface area contributed by atoms with Crippen LogP contribution in [-0.2, 0) is 9.53 Å². The maximum atomic E-state index is 12.0. The number of hydrogen-bond donors (Lipinski definition) is 1. The monoisotopic (exact) mass is 293 g/mol. The van der Waals surface area contributed by atoms with Crippen LogP contribution in [0.4, 0.5) is 0 Å². The van der Waals surface area contributed by atoms with Crippen LogP contribution in [0.1, 0.15) is 37.2 Å². The summed E-state index contributed by atoms with van der Waals surface area (Å²) in [6.07, 6.45) is 3.71. The average molecular weight is 294 g/mol. The summed E-state index contributed by atoms with van der Waals surface area (Å²) >= 11 is 5.89. The summed E-state index contributed by atoms with van der Waals surface area (Å²) in [5.41, 5.74) is 1.27. The van der Waals surface area contributed by atoms with Crippen molar-refractivity contribution < 1.29 is 9.53 Å². The number of rotatable bonds is 4. The number of halogens is 1. The van der Waals surface area contributed by atoms with Crippen LogP contribution in [-0.4, -0.2) is 25.2 Å². The molecule has 20 heavy (non-hydrogen) atoms. The fourth-order valence-corrected chi connectivity index (χ4v) is 3.04. The largest absolute Gasteiger partial charge is 0.381 e. The first-order valence-electron chi connectivity index (χ1n) is 7.35. The van der Waals surface area contributed by atoms with Gasteiger partial charge in [0.05, 0.1) is 0 Å². The van der Waals surface area contributed by atoms with E-state index in [-0.39, 0.29) is 5.91 Å². The van der Waals surface area contributed by atoms with Crippen molar-refractivity contribution in [2.24, 2.45) is 5.92 Å². The molecule has 108 valence electrons. The Morgan fingerprint density at radius 2 is 1.95 bits per heavy atom. The minimum Gasteiger partial charge on any atom is -0.381 e. The van der Waals surface area contributed by atoms with Gasteiger partial charge in [-0.15, -0.1) is 0 Å². The standard InChI is InChI=1S/C16H20ClNO2/c17-13-3-1-12(2-4-13)14-10-15(14)18-16(19)9-11-5-7-20-8-6-11/h1-4,11,14-15H,5-10H2,(H,18,19)/t14-,15+/m0/s1. The maximum Gasteiger partial charge on any atom is 0.220 e. The van der Waals surface area contributed by atoms with Crippen LogP contribution in [0.25, 0.3) is 0 Å². The molecule has 2 atom stereocenters. The van der Waals surface area contributed by atoms with Crippen LogP contribution in [0.15, 0.2) is 24.3 Å². The first kappa shape index (κ1) is 13.9. The van der Waals surface area contributed by atoms with E-state index in [1.165, 1.54) is 5.56 Å². The van der Waals surface area contributed by atoms with Crippen molar-refractivity contribution in [1.82, 2.24) is 5.32 Å². The van der Waals surface area contributed by atoms with Crippen molar-refractivity contribution in [3.05, 3.63) is 34.9 Å². The van der Waals surface area contributed by atoms with E-state index in [0.29, 0.717) is 24.3 Å². The molecule has 1 saturated carbocycles. The van der Waals surface area contributed by atoms with Gasteiger partial charge in [0, 0.05) is 36.6 Å². The number of carbonyl (C=O) groups is 1. The summed E-state index contributed by atoms with van der Waals surface area (Å²) in [6.45, 7) is 1.60. The molecule has 1 aromatic rings. The number of nitrogens with one attached hydrogen (secondary N) is 1. The second-order valence-corrected chi connectivity index (χ2v) is 6.26. The lowest BCUT2D eigenvalue weighted by Crippen LogP contribution is -2.30. The Morgan fingerprint density at radius 1 is 1.25 bits per heavy atom. The van der Waals surface area contributed by atoms with Crippen molar-refractivity contribution in [2.45, 2.75) is 37.6 Å². The normalized spacial score (nSPS) is 26.2. The molecule has 1 saturated heterocycles. The van der Waals surface area contributed by atoms with E-state index in [9.17, 15) is 4.79 Å². The topological polar surface area (TPSA) is 38.3 Å². The minimum atomic E-state index is 0.193. The SMILES string of the molecule is O=C(CC1CCOCC1)N[C@@H]1C[C@H]1c1ccc(Cl)cc1. The first-order chi connectivity index (χ1) is 9.72. The number of ether oxygens (including phenoxy) is 1. The van der Waals surface area contributed by atoms with Crippen LogP contribution in [0, 0.1) is 5.92 Å². The molecule has 1 N–H and O–H groups in total. The molecule has 0 aromatic heterocycles. The number of carbonyl (C=O) groups excluding carboxylic acids is 1. The van der Waals surface area contributed by atoms with Crippen molar-refractivity contribution in [3.63, 3.8) is 0 Å². The van der Waals surface area contributed by atoms with Crippen LogP contribution in [0.5, 0.6) is 0 Å². The molecule has 2 fully saturated rings. The fourth-order valence-electron chi connectivity index (χ4n) is 2.91. The smallest absolute Gasteiger partial charge is 0.220 e. The molecule has 3 rings (SSSR count). The van der Waals surface area contributed by atoms with Crippen LogP contribution in [0.2, 0.25) is 5.02 Å². The molecule has 0 spiro atoms. The van der Waals surface area contributed by atoms with Crippen molar-refractivity contribution >= 4 is 17.5 Å². The Hall–Kier alpha value is -1.06. The van der Waals surface area contributed by atoms with Gasteiger partial charge in [-0.1, -0.05) is 23.7 Å². The van der Waals surface area contributed by atoms with Gasteiger partial charge in [-0.05, 0) is 42.9 Å². The van der Waals surface area contributed by atoms with Gasteiger partial charge >= 0.3 is 0 Å². The Balaban J connectivity index is 1.45. The molecule has 0 unspecified atom stereocenters. The van der Waals surface area contributed by atoms with Gasteiger partial charge in [-0.25, -0.2) is 0 Å². The highest BCUT2D eigenvalue weighted by atomic mass is 35.5. The van der Waals surface area contributed by atoms with E-state index >= 15 is 0 Å². The van der Waals surface area contributed by atoms with Gasteiger partial charge in [-0.3, -0.25) is 4.79 Å². The van der Waals surface area contributed by atoms with Gasteiger partial charge in [0.15, 0.2) is 0 Å². The summed E-state index contributed by atoms with van der Waals surface area (Å²) in [4.78, 5) is 12.0. The third-order valence-corrected chi connectivity index (χ3v) is 4.50. The second-order valence-electron chi connectivity index (χ2n) is 5.83. The summed E-state index contributed by atoms with van der Waals surface area (Å²) in [5, 5.41) is 3.91. The highest BCUT2D eigenvalue weighted by Crippen LogP contribution is 2.41. The quantitative estimate of drug-likeness (QED) is 0.926. The van der Waals surface area contributed by atoms with Gasteiger partial charge in [0.1, 0.15) is 0 Å². The molecular formula is C16H20ClNO2. The Bertz CT molecular complexity index is 468. The zero-order valence-electron chi connectivity index (χ0n) is 11.5. The second kappa shape index (κ2) is 6.15. The molecule has 0 radical (unpaired) electrons. The first-order valence-corrected chi connectivity index (χ1v) is 7.73. The zero-order valence-corrected chi connectivity index (χ0v) is 12.2. The third-order valence-electron chi connectivity index (χ3n) is 4.25. The van der Waals surface area contributed by atoms with E-state index in [1.807, 2.05) is 12.1 Å². The van der Waals surface area contributed by atoms with E-state index in [2.05, 4.69) is 17.4 Å². The van der Waals surface area contributed by atoms with E-state index < -0.39 is 0 Å². The molecule has 1 aromatic carbocycles.